The molecule has 4 heteroatoms. The number of carbonyl (C=O) groups excluding carboxylic acids is 1. The average Bonchev–Trinajstić information content (AvgIpc) is 3.16. The van der Waals surface area contributed by atoms with Gasteiger partial charge in [0.25, 0.3) is 5.54 Å². The molecule has 0 saturated heterocycles. The van der Waals surface area contributed by atoms with E-state index in [2.05, 4.69) is 0 Å². The van der Waals surface area contributed by atoms with Gasteiger partial charge in [-0.1, -0.05) is 30.3 Å². The summed E-state index contributed by atoms with van der Waals surface area (Å²) in [6, 6.07) is 9.43. The quantitative estimate of drug-likeness (QED) is 0.618. The Morgan fingerprint density at radius 1 is 1.26 bits per heavy atom. The van der Waals surface area contributed by atoms with Crippen molar-refractivity contribution >= 4 is 11.4 Å². The van der Waals surface area contributed by atoms with E-state index in [1.165, 1.54) is 0 Å². The highest BCUT2D eigenvalue weighted by Crippen LogP contribution is 2.53. The van der Waals surface area contributed by atoms with Crippen molar-refractivity contribution in [2.24, 2.45) is 5.92 Å². The van der Waals surface area contributed by atoms with Crippen LogP contribution in [0.15, 0.2) is 36.4 Å². The standard InChI is InChI=1S/C15H15NO3/c17-13-8-4-7-12(9-13)15(16(18)19)10-14(15)11-5-2-1-3-6-11/h1-3,5-6,10,12H,4,7-9H2/t12-,15+/m1/s1. The first kappa shape index (κ1) is 12.1. The van der Waals surface area contributed by atoms with Crippen molar-refractivity contribution < 1.29 is 9.72 Å². The molecule has 1 saturated carbocycles. The van der Waals surface area contributed by atoms with Crippen LogP contribution in [0.25, 0.3) is 5.57 Å². The first-order chi connectivity index (χ1) is 9.14. The van der Waals surface area contributed by atoms with Crippen LogP contribution < -0.4 is 0 Å². The van der Waals surface area contributed by atoms with E-state index in [1.54, 1.807) is 6.08 Å². The third kappa shape index (κ3) is 1.87. The maximum Gasteiger partial charge on any atom is 0.269 e. The minimum Gasteiger partial charge on any atom is -0.300 e. The molecule has 0 aliphatic heterocycles. The normalized spacial score (nSPS) is 29.8. The Bertz CT molecular complexity index is 564. The molecule has 1 aromatic carbocycles. The van der Waals surface area contributed by atoms with Crippen molar-refractivity contribution in [2.45, 2.75) is 31.2 Å². The summed E-state index contributed by atoms with van der Waals surface area (Å²) in [5, 5.41) is 11.5. The molecule has 2 aliphatic carbocycles. The zero-order chi connectivity index (χ0) is 13.5. The van der Waals surface area contributed by atoms with Gasteiger partial charge in [-0.3, -0.25) is 14.9 Å². The van der Waals surface area contributed by atoms with E-state index < -0.39 is 5.54 Å². The molecule has 4 nitrogen and oxygen atoms in total. The number of Topliss-reactive ketones (excluding diaryl/α,β-unsaturated/α-hetero) is 1. The second-order valence-electron chi connectivity index (χ2n) is 5.34. The van der Waals surface area contributed by atoms with Crippen LogP contribution in [-0.2, 0) is 4.79 Å². The summed E-state index contributed by atoms with van der Waals surface area (Å²) < 4.78 is 0. The van der Waals surface area contributed by atoms with Gasteiger partial charge in [-0.25, -0.2) is 0 Å². The number of benzene rings is 1. The zero-order valence-corrected chi connectivity index (χ0v) is 10.5. The molecule has 0 bridgehead atoms. The van der Waals surface area contributed by atoms with E-state index in [9.17, 15) is 14.9 Å². The first-order valence-electron chi connectivity index (χ1n) is 6.59. The lowest BCUT2D eigenvalue weighted by atomic mass is 9.78. The molecule has 98 valence electrons. The first-order valence-corrected chi connectivity index (χ1v) is 6.59. The van der Waals surface area contributed by atoms with Crippen LogP contribution in [-0.4, -0.2) is 16.2 Å². The Morgan fingerprint density at radius 3 is 2.63 bits per heavy atom. The van der Waals surface area contributed by atoms with Gasteiger partial charge in [0.2, 0.25) is 0 Å². The minimum atomic E-state index is -1.09. The summed E-state index contributed by atoms with van der Waals surface area (Å²) in [5.74, 6) is -0.0101. The van der Waals surface area contributed by atoms with Crippen LogP contribution in [0.3, 0.4) is 0 Å². The third-order valence-corrected chi connectivity index (χ3v) is 4.20. The lowest BCUT2D eigenvalue weighted by Crippen LogP contribution is -2.38. The van der Waals surface area contributed by atoms with Gasteiger partial charge in [0.05, 0.1) is 0 Å². The summed E-state index contributed by atoms with van der Waals surface area (Å²) in [4.78, 5) is 22.9. The fourth-order valence-corrected chi connectivity index (χ4v) is 3.15. The van der Waals surface area contributed by atoms with Gasteiger partial charge in [0, 0.05) is 35.3 Å². The summed E-state index contributed by atoms with van der Waals surface area (Å²) >= 11 is 0. The smallest absolute Gasteiger partial charge is 0.269 e. The van der Waals surface area contributed by atoms with Gasteiger partial charge in [-0.05, 0) is 18.4 Å². The van der Waals surface area contributed by atoms with E-state index in [4.69, 9.17) is 0 Å². The largest absolute Gasteiger partial charge is 0.300 e. The van der Waals surface area contributed by atoms with E-state index in [1.807, 2.05) is 30.3 Å². The summed E-state index contributed by atoms with van der Waals surface area (Å²) in [6.45, 7) is 0. The van der Waals surface area contributed by atoms with Gasteiger partial charge >= 0.3 is 0 Å². The Hall–Kier alpha value is -1.97. The molecule has 2 aliphatic rings. The molecule has 0 spiro atoms. The molecule has 1 aromatic rings. The van der Waals surface area contributed by atoms with Gasteiger partial charge in [0.15, 0.2) is 0 Å². The number of hydrogen-bond acceptors (Lipinski definition) is 3. The third-order valence-electron chi connectivity index (χ3n) is 4.20. The van der Waals surface area contributed by atoms with Gasteiger partial charge < -0.3 is 0 Å². The molecule has 0 unspecified atom stereocenters. The second-order valence-corrected chi connectivity index (χ2v) is 5.34. The van der Waals surface area contributed by atoms with Crippen molar-refractivity contribution in [3.63, 3.8) is 0 Å². The zero-order valence-electron chi connectivity index (χ0n) is 10.5. The van der Waals surface area contributed by atoms with E-state index >= 15 is 0 Å². The monoisotopic (exact) mass is 257 g/mol. The Labute approximate surface area is 111 Å². The summed E-state index contributed by atoms with van der Waals surface area (Å²) in [5.41, 5.74) is 0.590. The predicted molar refractivity (Wildman–Crippen MR) is 71.1 cm³/mol. The van der Waals surface area contributed by atoms with Crippen LogP contribution in [0.2, 0.25) is 0 Å². The van der Waals surface area contributed by atoms with Crippen molar-refractivity contribution in [3.05, 3.63) is 52.1 Å². The van der Waals surface area contributed by atoms with Crippen LogP contribution in [0.4, 0.5) is 0 Å². The van der Waals surface area contributed by atoms with E-state index in [-0.39, 0.29) is 16.6 Å². The lowest BCUT2D eigenvalue weighted by molar-refractivity contribution is -0.536. The second kappa shape index (κ2) is 4.30. The predicted octanol–water partition coefficient (Wildman–Crippen LogP) is 2.86. The molecule has 0 amide bonds. The number of nitrogens with zero attached hydrogens (tertiary/aromatic N) is 1. The molecule has 19 heavy (non-hydrogen) atoms. The molecule has 1 fully saturated rings. The molecule has 0 heterocycles. The Kier molecular flexibility index (Phi) is 2.73. The summed E-state index contributed by atoms with van der Waals surface area (Å²) in [7, 11) is 0. The fraction of sp³-hybridized carbons (Fsp3) is 0.400. The topological polar surface area (TPSA) is 60.2 Å². The maximum absolute atomic E-state index is 11.6. The summed E-state index contributed by atoms with van der Waals surface area (Å²) in [6.07, 6.45) is 4.18. The molecule has 2 atom stereocenters. The molecular weight excluding hydrogens is 242 g/mol. The molecule has 0 N–H and O–H groups in total. The highest BCUT2D eigenvalue weighted by molar-refractivity contribution is 5.89. The highest BCUT2D eigenvalue weighted by Gasteiger charge is 2.62. The fourth-order valence-electron chi connectivity index (χ4n) is 3.15. The van der Waals surface area contributed by atoms with Crippen LogP contribution in [0.1, 0.15) is 31.2 Å². The van der Waals surface area contributed by atoms with Crippen molar-refractivity contribution in [2.75, 3.05) is 0 Å². The molecule has 0 aromatic heterocycles. The van der Waals surface area contributed by atoms with Crippen molar-refractivity contribution in [3.8, 4) is 0 Å². The van der Waals surface area contributed by atoms with Crippen LogP contribution in [0, 0.1) is 16.0 Å². The van der Waals surface area contributed by atoms with Gasteiger partial charge in [-0.2, -0.15) is 0 Å². The highest BCUT2D eigenvalue weighted by atomic mass is 16.6. The number of nitro groups is 1. The molecular formula is C15H15NO3. The van der Waals surface area contributed by atoms with E-state index in [0.29, 0.717) is 12.8 Å². The maximum atomic E-state index is 11.6. The van der Waals surface area contributed by atoms with Crippen LogP contribution in [0.5, 0.6) is 0 Å². The van der Waals surface area contributed by atoms with E-state index in [0.717, 1.165) is 24.0 Å². The SMILES string of the molecule is O=C1CCC[C@@H]([C@@]2([N+](=O)[O-])C=C2c2ccccc2)C1. The minimum absolute atomic E-state index is 0.158. The van der Waals surface area contributed by atoms with Crippen LogP contribution >= 0.6 is 0 Å². The molecule has 0 radical (unpaired) electrons. The van der Waals surface area contributed by atoms with Gasteiger partial charge in [-0.15, -0.1) is 0 Å². The number of ketones is 1. The van der Waals surface area contributed by atoms with Crippen molar-refractivity contribution in [1.29, 1.82) is 0 Å². The lowest BCUT2D eigenvalue weighted by Gasteiger charge is -2.25. The Balaban J connectivity index is 1.88. The average molecular weight is 257 g/mol. The number of hydrogen-bond donors (Lipinski definition) is 0. The van der Waals surface area contributed by atoms with Gasteiger partial charge in [0.1, 0.15) is 5.78 Å². The Morgan fingerprint density at radius 2 is 2.00 bits per heavy atom. The number of carbonyl (C=O) groups is 1. The number of rotatable bonds is 3. The molecule has 3 rings (SSSR count). The van der Waals surface area contributed by atoms with Crippen molar-refractivity contribution in [1.82, 2.24) is 0 Å².